The van der Waals surface area contributed by atoms with Gasteiger partial charge in [0.15, 0.2) is 11.4 Å². The van der Waals surface area contributed by atoms with Crippen molar-refractivity contribution in [2.45, 2.75) is 26.8 Å². The summed E-state index contributed by atoms with van der Waals surface area (Å²) in [6.07, 6.45) is 0.985. The van der Waals surface area contributed by atoms with Gasteiger partial charge in [0, 0.05) is 57.3 Å². The zero-order valence-corrected chi connectivity index (χ0v) is 20.2. The summed E-state index contributed by atoms with van der Waals surface area (Å²) in [6, 6.07) is 14.6. The normalized spacial score (nSPS) is 15.0. The molecule has 0 bridgehead atoms. The minimum atomic E-state index is 0.0764. The smallest absolute Gasteiger partial charge is 0.254 e. The number of rotatable bonds is 7. The SMILES string of the molecule is COCCn1c(=O)c(C)c(C)c2cc(CCN3CCN(c4noc5ccccc45)CC3)ccc21. The third kappa shape index (κ3) is 4.21. The van der Waals surface area contributed by atoms with E-state index >= 15 is 0 Å². The molecule has 2 aromatic heterocycles. The Morgan fingerprint density at radius 1 is 0.971 bits per heavy atom. The van der Waals surface area contributed by atoms with E-state index < -0.39 is 0 Å². The topological polar surface area (TPSA) is 63.7 Å². The quantitative estimate of drug-likeness (QED) is 0.418. The molecule has 7 heteroatoms. The van der Waals surface area contributed by atoms with Crippen molar-refractivity contribution in [2.75, 3.05) is 51.3 Å². The lowest BCUT2D eigenvalue weighted by atomic mass is 10.0. The maximum Gasteiger partial charge on any atom is 0.254 e. The first-order chi connectivity index (χ1) is 16.6. The Balaban J connectivity index is 1.26. The molecule has 0 N–H and O–H groups in total. The first kappa shape index (κ1) is 22.6. The predicted molar refractivity (Wildman–Crippen MR) is 136 cm³/mol. The van der Waals surface area contributed by atoms with Crippen molar-refractivity contribution in [1.29, 1.82) is 0 Å². The molecule has 4 aromatic rings. The summed E-state index contributed by atoms with van der Waals surface area (Å²) >= 11 is 0. The number of methoxy groups -OCH3 is 1. The highest BCUT2D eigenvalue weighted by Crippen LogP contribution is 2.27. The highest BCUT2D eigenvalue weighted by molar-refractivity contribution is 5.88. The average Bonchev–Trinajstić information content (AvgIpc) is 3.31. The van der Waals surface area contributed by atoms with Crippen LogP contribution in [0.15, 0.2) is 51.8 Å². The Morgan fingerprint density at radius 3 is 2.56 bits per heavy atom. The molecule has 0 unspecified atom stereocenters. The van der Waals surface area contributed by atoms with Gasteiger partial charge in [-0.2, -0.15) is 0 Å². The number of benzene rings is 2. The fourth-order valence-electron chi connectivity index (χ4n) is 4.92. The molecule has 1 fully saturated rings. The third-order valence-corrected chi connectivity index (χ3v) is 7.15. The number of anilines is 1. The van der Waals surface area contributed by atoms with Gasteiger partial charge in [-0.15, -0.1) is 0 Å². The van der Waals surface area contributed by atoms with Crippen LogP contribution >= 0.6 is 0 Å². The minimum absolute atomic E-state index is 0.0764. The number of piperazine rings is 1. The van der Waals surface area contributed by atoms with Crippen LogP contribution in [0.5, 0.6) is 0 Å². The van der Waals surface area contributed by atoms with Crippen molar-refractivity contribution in [3.63, 3.8) is 0 Å². The fourth-order valence-corrected chi connectivity index (χ4v) is 4.92. The molecule has 1 aliphatic heterocycles. The molecule has 3 heterocycles. The van der Waals surface area contributed by atoms with E-state index in [1.54, 1.807) is 7.11 Å². The van der Waals surface area contributed by atoms with Gasteiger partial charge in [0.05, 0.1) is 17.5 Å². The lowest BCUT2D eigenvalue weighted by molar-refractivity contribution is 0.187. The van der Waals surface area contributed by atoms with Gasteiger partial charge in [0.25, 0.3) is 5.56 Å². The molecule has 0 radical (unpaired) electrons. The summed E-state index contributed by atoms with van der Waals surface area (Å²) in [4.78, 5) is 17.6. The summed E-state index contributed by atoms with van der Waals surface area (Å²) in [5.74, 6) is 0.954. The van der Waals surface area contributed by atoms with Gasteiger partial charge in [0.2, 0.25) is 0 Å². The van der Waals surface area contributed by atoms with E-state index in [1.807, 2.05) is 29.7 Å². The molecule has 2 aromatic carbocycles. The number of aryl methyl sites for hydroxylation is 1. The number of aromatic nitrogens is 2. The molecule has 178 valence electrons. The molecule has 5 rings (SSSR count). The van der Waals surface area contributed by atoms with Crippen molar-refractivity contribution in [3.05, 3.63) is 69.5 Å². The first-order valence-corrected chi connectivity index (χ1v) is 12.0. The zero-order chi connectivity index (χ0) is 23.7. The van der Waals surface area contributed by atoms with E-state index in [4.69, 9.17) is 9.26 Å². The Hall–Kier alpha value is -3.16. The van der Waals surface area contributed by atoms with Crippen LogP contribution in [0.3, 0.4) is 0 Å². The van der Waals surface area contributed by atoms with Crippen LogP contribution in [0.4, 0.5) is 5.82 Å². The van der Waals surface area contributed by atoms with Crippen molar-refractivity contribution >= 4 is 27.7 Å². The second kappa shape index (κ2) is 9.60. The van der Waals surface area contributed by atoms with Crippen LogP contribution in [0.25, 0.3) is 21.9 Å². The number of hydrogen-bond acceptors (Lipinski definition) is 6. The molecule has 0 atom stereocenters. The van der Waals surface area contributed by atoms with E-state index in [0.717, 1.165) is 78.0 Å². The van der Waals surface area contributed by atoms with E-state index in [1.165, 1.54) is 5.56 Å². The number of nitrogens with zero attached hydrogens (tertiary/aromatic N) is 4. The summed E-state index contributed by atoms with van der Waals surface area (Å²) in [6.45, 7) is 9.97. The molecule has 0 spiro atoms. The van der Waals surface area contributed by atoms with Crippen LogP contribution < -0.4 is 10.5 Å². The monoisotopic (exact) mass is 460 g/mol. The largest absolute Gasteiger partial charge is 0.383 e. The van der Waals surface area contributed by atoms with Gasteiger partial charge >= 0.3 is 0 Å². The predicted octanol–water partition coefficient (Wildman–Crippen LogP) is 3.77. The van der Waals surface area contributed by atoms with Crippen LogP contribution in [0.1, 0.15) is 16.7 Å². The van der Waals surface area contributed by atoms with Crippen molar-refractivity contribution in [2.24, 2.45) is 0 Å². The summed E-state index contributed by atoms with van der Waals surface area (Å²) in [5.41, 5.74) is 5.10. The molecular formula is C27H32N4O3. The number of hydrogen-bond donors (Lipinski definition) is 0. The number of pyridine rings is 1. The second-order valence-electron chi connectivity index (χ2n) is 9.13. The number of para-hydroxylation sites is 1. The summed E-state index contributed by atoms with van der Waals surface area (Å²) in [5, 5.41) is 6.56. The molecule has 0 aliphatic carbocycles. The van der Waals surface area contributed by atoms with E-state index in [9.17, 15) is 4.79 Å². The molecule has 7 nitrogen and oxygen atoms in total. The van der Waals surface area contributed by atoms with Gasteiger partial charge < -0.3 is 18.7 Å². The van der Waals surface area contributed by atoms with Crippen LogP contribution in [-0.4, -0.2) is 61.1 Å². The van der Waals surface area contributed by atoms with Gasteiger partial charge in [-0.05, 0) is 55.7 Å². The Bertz CT molecular complexity index is 1370. The van der Waals surface area contributed by atoms with Crippen LogP contribution in [0.2, 0.25) is 0 Å². The standard InChI is InChI=1S/C27H32N4O3/c1-19-20(2)27(32)31(16-17-33-3)24-9-8-21(18-23(19)24)10-11-29-12-14-30(15-13-29)26-22-6-4-5-7-25(22)34-28-26/h4-9,18H,10-17H2,1-3H3. The highest BCUT2D eigenvalue weighted by atomic mass is 16.5. The fraction of sp³-hybridized carbons (Fsp3) is 0.407. The van der Waals surface area contributed by atoms with Crippen LogP contribution in [0, 0.1) is 13.8 Å². The maximum absolute atomic E-state index is 12.8. The molecule has 34 heavy (non-hydrogen) atoms. The van der Waals surface area contributed by atoms with Crippen LogP contribution in [-0.2, 0) is 17.7 Å². The molecule has 1 saturated heterocycles. The van der Waals surface area contributed by atoms with Crippen molar-refractivity contribution in [3.8, 4) is 0 Å². The van der Waals surface area contributed by atoms with E-state index in [-0.39, 0.29) is 5.56 Å². The molecule has 1 aliphatic rings. The highest BCUT2D eigenvalue weighted by Gasteiger charge is 2.21. The van der Waals surface area contributed by atoms with E-state index in [2.05, 4.69) is 46.1 Å². The summed E-state index contributed by atoms with van der Waals surface area (Å²) < 4.78 is 12.6. The Morgan fingerprint density at radius 2 is 1.76 bits per heavy atom. The first-order valence-electron chi connectivity index (χ1n) is 12.0. The number of ether oxygens (including phenoxy) is 1. The van der Waals surface area contributed by atoms with E-state index in [0.29, 0.717) is 13.2 Å². The molecular weight excluding hydrogens is 428 g/mol. The maximum atomic E-state index is 12.8. The Labute approximate surface area is 199 Å². The second-order valence-corrected chi connectivity index (χ2v) is 9.13. The molecule has 0 saturated carbocycles. The minimum Gasteiger partial charge on any atom is -0.383 e. The average molecular weight is 461 g/mol. The zero-order valence-electron chi connectivity index (χ0n) is 20.2. The van der Waals surface area contributed by atoms with Gasteiger partial charge in [-0.25, -0.2) is 0 Å². The Kier molecular flexibility index (Phi) is 6.39. The summed E-state index contributed by atoms with van der Waals surface area (Å²) in [7, 11) is 1.67. The van der Waals surface area contributed by atoms with Gasteiger partial charge in [-0.3, -0.25) is 9.69 Å². The third-order valence-electron chi connectivity index (χ3n) is 7.15. The van der Waals surface area contributed by atoms with Gasteiger partial charge in [-0.1, -0.05) is 23.4 Å². The van der Waals surface area contributed by atoms with Gasteiger partial charge in [0.1, 0.15) is 0 Å². The van der Waals surface area contributed by atoms with Crippen molar-refractivity contribution in [1.82, 2.24) is 14.6 Å². The number of fused-ring (bicyclic) bond motifs is 2. The molecule has 0 amide bonds. The lowest BCUT2D eigenvalue weighted by Gasteiger charge is -2.34. The van der Waals surface area contributed by atoms with Crippen molar-refractivity contribution < 1.29 is 9.26 Å². The lowest BCUT2D eigenvalue weighted by Crippen LogP contribution is -2.47.